The van der Waals surface area contributed by atoms with Crippen LogP contribution in [0, 0.1) is 0 Å². The zero-order chi connectivity index (χ0) is 15.1. The van der Waals surface area contributed by atoms with Crippen LogP contribution in [0.25, 0.3) is 0 Å². The highest BCUT2D eigenvalue weighted by atomic mass is 16.5. The molecule has 21 heavy (non-hydrogen) atoms. The van der Waals surface area contributed by atoms with Gasteiger partial charge in [0.1, 0.15) is 5.82 Å². The number of ether oxygens (including phenoxy) is 2. The number of carbonyl (C=O) groups is 1. The first kappa shape index (κ1) is 15.9. The summed E-state index contributed by atoms with van der Waals surface area (Å²) >= 11 is 0. The summed E-state index contributed by atoms with van der Waals surface area (Å²) in [6, 6.07) is 0. The van der Waals surface area contributed by atoms with Crippen LogP contribution in [0.2, 0.25) is 0 Å². The number of aryl methyl sites for hydroxylation is 1. The Labute approximate surface area is 125 Å². The molecule has 0 aromatic carbocycles. The molecule has 1 aliphatic rings. The van der Waals surface area contributed by atoms with Gasteiger partial charge in [0, 0.05) is 26.1 Å². The lowest BCUT2D eigenvalue weighted by Gasteiger charge is -2.31. The Morgan fingerprint density at radius 2 is 2.10 bits per heavy atom. The average Bonchev–Trinajstić information content (AvgIpc) is 3.00. The van der Waals surface area contributed by atoms with E-state index in [1.807, 2.05) is 13.8 Å². The molecule has 0 spiro atoms. The largest absolute Gasteiger partial charge is 0.379 e. The molecule has 1 aromatic heterocycles. The van der Waals surface area contributed by atoms with Crippen molar-refractivity contribution in [2.24, 2.45) is 0 Å². The molecular formula is C14H24N4O3. The summed E-state index contributed by atoms with van der Waals surface area (Å²) in [5.41, 5.74) is 0. The summed E-state index contributed by atoms with van der Waals surface area (Å²) in [6.07, 6.45) is 2.66. The molecule has 118 valence electrons. The van der Waals surface area contributed by atoms with Crippen molar-refractivity contribution in [3.8, 4) is 0 Å². The van der Waals surface area contributed by atoms with E-state index in [4.69, 9.17) is 9.47 Å². The molecule has 0 radical (unpaired) electrons. The zero-order valence-electron chi connectivity index (χ0n) is 12.8. The van der Waals surface area contributed by atoms with Gasteiger partial charge in [-0.15, -0.1) is 5.10 Å². The summed E-state index contributed by atoms with van der Waals surface area (Å²) in [6.45, 7) is 7.28. The molecule has 1 aliphatic heterocycles. The molecule has 0 atom stereocenters. The van der Waals surface area contributed by atoms with Gasteiger partial charge in [0.05, 0.1) is 19.3 Å². The number of aromatic nitrogens is 3. The summed E-state index contributed by atoms with van der Waals surface area (Å²) < 4.78 is 11.0. The zero-order valence-corrected chi connectivity index (χ0v) is 12.8. The van der Waals surface area contributed by atoms with Crippen LogP contribution >= 0.6 is 0 Å². The molecular weight excluding hydrogens is 272 g/mol. The minimum Gasteiger partial charge on any atom is -0.379 e. The predicted molar refractivity (Wildman–Crippen MR) is 77.1 cm³/mol. The topological polar surface area (TPSA) is 80.3 Å². The first-order valence-electron chi connectivity index (χ1n) is 7.64. The van der Waals surface area contributed by atoms with Crippen molar-refractivity contribution < 1.29 is 14.3 Å². The highest BCUT2D eigenvalue weighted by molar-refractivity contribution is 5.90. The van der Waals surface area contributed by atoms with Crippen LogP contribution in [0.4, 0.5) is 0 Å². The van der Waals surface area contributed by atoms with Crippen molar-refractivity contribution in [2.45, 2.75) is 39.2 Å². The number of piperidine rings is 1. The molecule has 1 aromatic rings. The summed E-state index contributed by atoms with van der Waals surface area (Å²) in [5.74, 6) is 0.911. The lowest BCUT2D eigenvalue weighted by Crippen LogP contribution is -2.41. The van der Waals surface area contributed by atoms with Gasteiger partial charge in [0.2, 0.25) is 5.82 Å². The molecule has 0 saturated carbocycles. The summed E-state index contributed by atoms with van der Waals surface area (Å²) in [4.78, 5) is 18.2. The Balaban J connectivity index is 1.74. The lowest BCUT2D eigenvalue weighted by molar-refractivity contribution is -0.0184. The van der Waals surface area contributed by atoms with E-state index in [2.05, 4.69) is 15.2 Å². The van der Waals surface area contributed by atoms with Crippen LogP contribution < -0.4 is 0 Å². The van der Waals surface area contributed by atoms with Gasteiger partial charge in [-0.2, -0.15) is 0 Å². The Hall–Kier alpha value is -1.47. The number of H-pyrrole nitrogens is 1. The third-order valence-electron chi connectivity index (χ3n) is 3.57. The maximum absolute atomic E-state index is 12.3. The number of hydrogen-bond acceptors (Lipinski definition) is 5. The van der Waals surface area contributed by atoms with Crippen LogP contribution in [0.3, 0.4) is 0 Å². The van der Waals surface area contributed by atoms with E-state index >= 15 is 0 Å². The fourth-order valence-electron chi connectivity index (χ4n) is 2.33. The molecule has 2 rings (SSSR count). The fraction of sp³-hybridized carbons (Fsp3) is 0.786. The maximum atomic E-state index is 12.3. The monoisotopic (exact) mass is 296 g/mol. The van der Waals surface area contributed by atoms with Gasteiger partial charge >= 0.3 is 0 Å². The SMILES string of the molecule is CCOCCOC1CCN(C(=O)c2n[nH]c(CC)n2)CC1. The molecule has 0 aliphatic carbocycles. The lowest BCUT2D eigenvalue weighted by atomic mass is 10.1. The van der Waals surface area contributed by atoms with Gasteiger partial charge < -0.3 is 14.4 Å². The van der Waals surface area contributed by atoms with Gasteiger partial charge in [0.25, 0.3) is 5.91 Å². The molecule has 0 bridgehead atoms. The van der Waals surface area contributed by atoms with Crippen molar-refractivity contribution in [3.05, 3.63) is 11.6 Å². The number of amides is 1. The predicted octanol–water partition coefficient (Wildman–Crippen LogP) is 1.02. The first-order valence-corrected chi connectivity index (χ1v) is 7.64. The Bertz CT molecular complexity index is 441. The van der Waals surface area contributed by atoms with Crippen molar-refractivity contribution in [1.82, 2.24) is 20.1 Å². The molecule has 7 nitrogen and oxygen atoms in total. The minimum absolute atomic E-state index is 0.0984. The highest BCUT2D eigenvalue weighted by Gasteiger charge is 2.26. The molecule has 2 heterocycles. The van der Waals surface area contributed by atoms with Crippen LogP contribution in [0.15, 0.2) is 0 Å². The van der Waals surface area contributed by atoms with E-state index in [-0.39, 0.29) is 17.8 Å². The molecule has 1 N–H and O–H groups in total. The van der Waals surface area contributed by atoms with Gasteiger partial charge in [-0.1, -0.05) is 6.92 Å². The average molecular weight is 296 g/mol. The number of nitrogens with one attached hydrogen (secondary N) is 1. The standard InChI is InChI=1S/C14H24N4O3/c1-3-12-15-13(17-16-12)14(19)18-7-5-11(6-8-18)21-10-9-20-4-2/h11H,3-10H2,1-2H3,(H,15,16,17). The van der Waals surface area contributed by atoms with Crippen molar-refractivity contribution >= 4 is 5.91 Å². The first-order chi connectivity index (χ1) is 10.2. The Morgan fingerprint density at radius 1 is 1.33 bits per heavy atom. The molecule has 1 fully saturated rings. The van der Waals surface area contributed by atoms with Crippen LogP contribution in [0.5, 0.6) is 0 Å². The van der Waals surface area contributed by atoms with Gasteiger partial charge in [-0.05, 0) is 19.8 Å². The normalized spacial score (nSPS) is 16.4. The third kappa shape index (κ3) is 4.50. The number of aromatic amines is 1. The van der Waals surface area contributed by atoms with Crippen molar-refractivity contribution in [1.29, 1.82) is 0 Å². The van der Waals surface area contributed by atoms with Crippen LogP contribution in [-0.2, 0) is 15.9 Å². The van der Waals surface area contributed by atoms with E-state index in [9.17, 15) is 4.79 Å². The molecule has 1 amide bonds. The van der Waals surface area contributed by atoms with Crippen LogP contribution in [0.1, 0.15) is 43.1 Å². The molecule has 7 heteroatoms. The number of likely N-dealkylation sites (tertiary alicyclic amines) is 1. The van der Waals surface area contributed by atoms with Gasteiger partial charge in [0.15, 0.2) is 0 Å². The maximum Gasteiger partial charge on any atom is 0.293 e. The smallest absolute Gasteiger partial charge is 0.293 e. The highest BCUT2D eigenvalue weighted by Crippen LogP contribution is 2.15. The Morgan fingerprint density at radius 3 is 2.71 bits per heavy atom. The Kier molecular flexibility index (Phi) is 6.13. The van der Waals surface area contributed by atoms with E-state index in [0.717, 1.165) is 25.1 Å². The number of nitrogens with zero attached hydrogens (tertiary/aromatic N) is 3. The van der Waals surface area contributed by atoms with Crippen molar-refractivity contribution in [3.63, 3.8) is 0 Å². The minimum atomic E-state index is -0.0984. The quantitative estimate of drug-likeness (QED) is 0.760. The van der Waals surface area contributed by atoms with Gasteiger partial charge in [-0.3, -0.25) is 9.89 Å². The summed E-state index contributed by atoms with van der Waals surface area (Å²) in [7, 11) is 0. The van der Waals surface area contributed by atoms with Crippen LogP contribution in [-0.4, -0.2) is 65.0 Å². The number of hydrogen-bond donors (Lipinski definition) is 1. The fourth-order valence-corrected chi connectivity index (χ4v) is 2.33. The second-order valence-corrected chi connectivity index (χ2v) is 5.02. The van der Waals surface area contributed by atoms with Crippen molar-refractivity contribution in [2.75, 3.05) is 32.9 Å². The molecule has 1 saturated heterocycles. The third-order valence-corrected chi connectivity index (χ3v) is 3.57. The molecule has 0 unspecified atom stereocenters. The summed E-state index contributed by atoms with van der Waals surface area (Å²) in [5, 5.41) is 6.75. The number of rotatable bonds is 7. The van der Waals surface area contributed by atoms with E-state index < -0.39 is 0 Å². The second-order valence-electron chi connectivity index (χ2n) is 5.02. The van der Waals surface area contributed by atoms with E-state index in [1.165, 1.54) is 0 Å². The van der Waals surface area contributed by atoms with Gasteiger partial charge in [-0.25, -0.2) is 4.98 Å². The number of carbonyl (C=O) groups excluding carboxylic acids is 1. The van der Waals surface area contributed by atoms with E-state index in [0.29, 0.717) is 32.9 Å². The second kappa shape index (κ2) is 8.09. The van der Waals surface area contributed by atoms with E-state index in [1.54, 1.807) is 4.90 Å².